The van der Waals surface area contributed by atoms with E-state index in [1.54, 1.807) is 0 Å². The minimum absolute atomic E-state index is 0.0127. The Morgan fingerprint density at radius 3 is 2.22 bits per heavy atom. The third-order valence-corrected chi connectivity index (χ3v) is 6.95. The maximum absolute atomic E-state index is 13.6. The van der Waals surface area contributed by atoms with E-state index in [4.69, 9.17) is 0 Å². The van der Waals surface area contributed by atoms with Gasteiger partial charge in [0.15, 0.2) is 17.5 Å². The lowest BCUT2D eigenvalue weighted by Crippen LogP contribution is -2.44. The number of anilines is 1. The fourth-order valence-corrected chi connectivity index (χ4v) is 4.96. The predicted molar refractivity (Wildman–Crippen MR) is 101 cm³/mol. The van der Waals surface area contributed by atoms with Crippen molar-refractivity contribution >= 4 is 21.6 Å². The number of carbonyl (C=O) groups is 1. The molecule has 32 heavy (non-hydrogen) atoms. The van der Waals surface area contributed by atoms with Crippen molar-refractivity contribution < 1.29 is 39.6 Å². The second kappa shape index (κ2) is 8.98. The van der Waals surface area contributed by atoms with Crippen LogP contribution in [0, 0.1) is 23.4 Å². The fourth-order valence-electron chi connectivity index (χ4n) is 3.28. The van der Waals surface area contributed by atoms with E-state index in [2.05, 4.69) is 10.9 Å². The Labute approximate surface area is 179 Å². The number of hydrazine groups is 1. The molecule has 1 heterocycles. The number of carbonyl (C=O) groups excluding carboxylic acids is 1. The molecule has 0 atom stereocenters. The van der Waals surface area contributed by atoms with E-state index in [-0.39, 0.29) is 25.9 Å². The van der Waals surface area contributed by atoms with Crippen molar-refractivity contribution in [2.75, 3.05) is 18.5 Å². The summed E-state index contributed by atoms with van der Waals surface area (Å²) < 4.78 is 106. The largest absolute Gasteiger partial charge is 0.417 e. The molecule has 0 aliphatic carbocycles. The highest BCUT2D eigenvalue weighted by Gasteiger charge is 2.40. The second-order valence-corrected chi connectivity index (χ2v) is 8.92. The van der Waals surface area contributed by atoms with Gasteiger partial charge in [-0.15, -0.1) is 0 Å². The minimum Gasteiger partial charge on any atom is -0.296 e. The monoisotopic (exact) mass is 481 g/mol. The fraction of sp³-hybridized carbons (Fsp3) is 0.316. The number of sulfonamides is 1. The molecule has 13 heteroatoms. The summed E-state index contributed by atoms with van der Waals surface area (Å²) in [5, 5.41) is 0. The zero-order valence-corrected chi connectivity index (χ0v) is 17.0. The molecule has 0 bridgehead atoms. The van der Waals surface area contributed by atoms with Gasteiger partial charge >= 0.3 is 6.18 Å². The van der Waals surface area contributed by atoms with Crippen molar-refractivity contribution in [3.05, 3.63) is 59.4 Å². The molecule has 1 saturated heterocycles. The molecule has 2 aromatic carbocycles. The summed E-state index contributed by atoms with van der Waals surface area (Å²) in [6.45, 7) is -0.432. The lowest BCUT2D eigenvalue weighted by atomic mass is 9.98. The molecule has 0 spiro atoms. The Bertz CT molecular complexity index is 1120. The van der Waals surface area contributed by atoms with Crippen LogP contribution in [0.15, 0.2) is 41.3 Å². The predicted octanol–water partition coefficient (Wildman–Crippen LogP) is 3.67. The van der Waals surface area contributed by atoms with Crippen molar-refractivity contribution in [1.82, 2.24) is 9.73 Å². The Hall–Kier alpha value is -2.80. The third-order valence-electron chi connectivity index (χ3n) is 4.99. The number of nitrogens with one attached hydrogen (secondary N) is 2. The Morgan fingerprint density at radius 1 is 0.969 bits per heavy atom. The van der Waals surface area contributed by atoms with Crippen molar-refractivity contribution in [2.45, 2.75) is 23.9 Å². The molecule has 174 valence electrons. The highest BCUT2D eigenvalue weighted by molar-refractivity contribution is 7.89. The number of halogens is 6. The molecule has 0 radical (unpaired) electrons. The van der Waals surface area contributed by atoms with Crippen LogP contribution in [0.5, 0.6) is 0 Å². The first-order chi connectivity index (χ1) is 14.9. The van der Waals surface area contributed by atoms with E-state index in [0.29, 0.717) is 12.1 Å². The van der Waals surface area contributed by atoms with Gasteiger partial charge in [-0.1, -0.05) is 12.1 Å². The number of hydrogen-bond acceptors (Lipinski definition) is 4. The molecule has 3 rings (SSSR count). The van der Waals surface area contributed by atoms with Crippen LogP contribution in [0.4, 0.5) is 32.0 Å². The quantitative estimate of drug-likeness (QED) is 0.388. The molecule has 0 saturated carbocycles. The van der Waals surface area contributed by atoms with Gasteiger partial charge in [0.25, 0.3) is 0 Å². The van der Waals surface area contributed by atoms with Crippen LogP contribution >= 0.6 is 0 Å². The topological polar surface area (TPSA) is 78.5 Å². The highest BCUT2D eigenvalue weighted by atomic mass is 32.2. The molecule has 2 N–H and O–H groups in total. The number of benzene rings is 2. The molecule has 1 fully saturated rings. The van der Waals surface area contributed by atoms with Crippen LogP contribution in [0.3, 0.4) is 0 Å². The van der Waals surface area contributed by atoms with Crippen LogP contribution < -0.4 is 10.9 Å². The summed E-state index contributed by atoms with van der Waals surface area (Å²) in [7, 11) is -4.46. The van der Waals surface area contributed by atoms with Gasteiger partial charge in [-0.25, -0.2) is 21.6 Å². The average molecular weight is 481 g/mol. The zero-order valence-electron chi connectivity index (χ0n) is 16.2. The molecule has 1 amide bonds. The molecule has 6 nitrogen and oxygen atoms in total. The standard InChI is InChI=1S/C19H17F6N3O3S/c20-13-5-6-14(17(22)16(13)21)26-27-18(29)11-7-9-28(10-8-11)32(30,31)15-4-2-1-3-12(15)19(23,24)25/h1-6,11,26H,7-10H2,(H,27,29). The summed E-state index contributed by atoms with van der Waals surface area (Å²) >= 11 is 0. The van der Waals surface area contributed by atoms with E-state index >= 15 is 0 Å². The summed E-state index contributed by atoms with van der Waals surface area (Å²) in [5.41, 5.74) is 2.47. The van der Waals surface area contributed by atoms with Gasteiger partial charge in [-0.2, -0.15) is 17.5 Å². The van der Waals surface area contributed by atoms with Gasteiger partial charge in [0.1, 0.15) is 0 Å². The second-order valence-electron chi connectivity index (χ2n) is 7.01. The van der Waals surface area contributed by atoms with Crippen LogP contribution in [0.1, 0.15) is 18.4 Å². The van der Waals surface area contributed by atoms with Crippen molar-refractivity contribution in [2.24, 2.45) is 5.92 Å². The van der Waals surface area contributed by atoms with E-state index in [9.17, 15) is 39.6 Å². The molecule has 0 aromatic heterocycles. The van der Waals surface area contributed by atoms with E-state index < -0.39 is 61.6 Å². The number of nitrogens with zero attached hydrogens (tertiary/aromatic N) is 1. The molecule has 1 aliphatic heterocycles. The number of amides is 1. The number of alkyl halides is 3. The molecule has 0 unspecified atom stereocenters. The summed E-state index contributed by atoms with van der Waals surface area (Å²) in [6.07, 6.45) is -4.88. The number of piperidine rings is 1. The van der Waals surface area contributed by atoms with Crippen LogP contribution in [-0.2, 0) is 21.0 Å². The SMILES string of the molecule is O=C(NNc1ccc(F)c(F)c1F)C1CCN(S(=O)(=O)c2ccccc2C(F)(F)F)CC1. The first kappa shape index (κ1) is 23.9. The maximum atomic E-state index is 13.6. The normalized spacial score (nSPS) is 16.1. The van der Waals surface area contributed by atoms with Crippen LogP contribution in [0.2, 0.25) is 0 Å². The molecule has 2 aromatic rings. The van der Waals surface area contributed by atoms with Crippen LogP contribution in [0.25, 0.3) is 0 Å². The van der Waals surface area contributed by atoms with Crippen LogP contribution in [-0.4, -0.2) is 31.7 Å². The van der Waals surface area contributed by atoms with Crippen molar-refractivity contribution in [3.8, 4) is 0 Å². The molecular weight excluding hydrogens is 464 g/mol. The van der Waals surface area contributed by atoms with Gasteiger partial charge in [0.2, 0.25) is 15.9 Å². The lowest BCUT2D eigenvalue weighted by Gasteiger charge is -2.31. The Kier molecular flexibility index (Phi) is 6.69. The average Bonchev–Trinajstić information content (AvgIpc) is 2.76. The maximum Gasteiger partial charge on any atom is 0.417 e. The number of rotatable bonds is 5. The first-order valence-corrected chi connectivity index (χ1v) is 10.7. The van der Waals surface area contributed by atoms with Gasteiger partial charge < -0.3 is 0 Å². The van der Waals surface area contributed by atoms with Gasteiger partial charge in [0.05, 0.1) is 16.1 Å². The van der Waals surface area contributed by atoms with Crippen molar-refractivity contribution in [3.63, 3.8) is 0 Å². The Balaban J connectivity index is 1.64. The summed E-state index contributed by atoms with van der Waals surface area (Å²) in [5.74, 6) is -6.06. The Morgan fingerprint density at radius 2 is 1.59 bits per heavy atom. The summed E-state index contributed by atoms with van der Waals surface area (Å²) in [4.78, 5) is 11.4. The first-order valence-electron chi connectivity index (χ1n) is 9.28. The highest BCUT2D eigenvalue weighted by Crippen LogP contribution is 2.36. The smallest absolute Gasteiger partial charge is 0.296 e. The summed E-state index contributed by atoms with van der Waals surface area (Å²) in [6, 6.07) is 5.36. The lowest BCUT2D eigenvalue weighted by molar-refractivity contribution is -0.139. The zero-order chi connectivity index (χ0) is 23.7. The van der Waals surface area contributed by atoms with E-state index in [1.807, 2.05) is 0 Å². The van der Waals surface area contributed by atoms with E-state index in [0.717, 1.165) is 22.5 Å². The van der Waals surface area contributed by atoms with Gasteiger partial charge in [-0.3, -0.25) is 15.6 Å². The van der Waals surface area contributed by atoms with E-state index in [1.165, 1.54) is 6.07 Å². The molecule has 1 aliphatic rings. The van der Waals surface area contributed by atoms with Crippen molar-refractivity contribution in [1.29, 1.82) is 0 Å². The molecular formula is C19H17F6N3O3S. The minimum atomic E-state index is -4.86. The van der Waals surface area contributed by atoms with Gasteiger partial charge in [-0.05, 0) is 37.1 Å². The van der Waals surface area contributed by atoms with Gasteiger partial charge in [0, 0.05) is 19.0 Å². The third kappa shape index (κ3) is 4.83. The number of hydrogen-bond donors (Lipinski definition) is 2.